The third kappa shape index (κ3) is 3.18. The number of aromatic nitrogens is 1. The van der Waals surface area contributed by atoms with E-state index in [1.807, 2.05) is 43.6 Å². The number of hydrogen-bond donors (Lipinski definition) is 2. The highest BCUT2D eigenvalue weighted by molar-refractivity contribution is 7.80. The summed E-state index contributed by atoms with van der Waals surface area (Å²) in [5.41, 5.74) is 4.85. The maximum Gasteiger partial charge on any atom is 0.147 e. The minimum atomic E-state index is -0.285. The van der Waals surface area contributed by atoms with Crippen molar-refractivity contribution in [2.24, 2.45) is 0 Å². The molecule has 1 unspecified atom stereocenters. The predicted octanol–water partition coefficient (Wildman–Crippen LogP) is 2.80. The molecule has 0 radical (unpaired) electrons. The van der Waals surface area contributed by atoms with E-state index in [1.54, 1.807) is 10.6 Å². The van der Waals surface area contributed by atoms with Gasteiger partial charge in [-0.05, 0) is 37.3 Å². The molecule has 6 heteroatoms. The van der Waals surface area contributed by atoms with Crippen molar-refractivity contribution in [2.75, 3.05) is 6.54 Å². The Kier molecular flexibility index (Phi) is 4.22. The lowest BCUT2D eigenvalue weighted by Gasteiger charge is -2.09. The van der Waals surface area contributed by atoms with Gasteiger partial charge in [-0.3, -0.25) is 10.3 Å². The molecule has 0 saturated heterocycles. The van der Waals surface area contributed by atoms with E-state index in [0.29, 0.717) is 17.2 Å². The molecule has 2 heterocycles. The number of thiocarbonyl (C=S) groups is 1. The minimum absolute atomic E-state index is 0.139. The van der Waals surface area contributed by atoms with Crippen molar-refractivity contribution in [1.82, 2.24) is 15.4 Å². The van der Waals surface area contributed by atoms with Crippen molar-refractivity contribution in [3.05, 3.63) is 60.2 Å². The van der Waals surface area contributed by atoms with Gasteiger partial charge in [0.1, 0.15) is 11.9 Å². The van der Waals surface area contributed by atoms with E-state index >= 15 is 0 Å². The molecular formula is C16H16FN3OS. The summed E-state index contributed by atoms with van der Waals surface area (Å²) in [4.78, 5) is 6.14. The molecule has 1 aliphatic rings. The number of hydrogen-bond acceptors (Lipinski definition) is 3. The highest BCUT2D eigenvalue weighted by Gasteiger charge is 2.18. The molecule has 3 rings (SSSR count). The molecule has 2 aromatic rings. The second kappa shape index (κ2) is 6.29. The summed E-state index contributed by atoms with van der Waals surface area (Å²) in [6.45, 7) is 2.40. The van der Waals surface area contributed by atoms with E-state index < -0.39 is 0 Å². The summed E-state index contributed by atoms with van der Waals surface area (Å²) >= 11 is 4.96. The van der Waals surface area contributed by atoms with Gasteiger partial charge < -0.3 is 9.88 Å². The summed E-state index contributed by atoms with van der Waals surface area (Å²) in [6, 6.07) is 8.83. The van der Waals surface area contributed by atoms with Gasteiger partial charge in [0, 0.05) is 24.5 Å². The van der Waals surface area contributed by atoms with Crippen LogP contribution in [0.25, 0.3) is 11.4 Å². The zero-order valence-corrected chi connectivity index (χ0v) is 12.9. The maximum atomic E-state index is 14.3. The van der Waals surface area contributed by atoms with Gasteiger partial charge in [0.2, 0.25) is 0 Å². The maximum absolute atomic E-state index is 14.3. The molecule has 0 bridgehead atoms. The van der Waals surface area contributed by atoms with E-state index in [0.717, 1.165) is 11.3 Å². The summed E-state index contributed by atoms with van der Waals surface area (Å²) in [5, 5.41) is 3.04. The van der Waals surface area contributed by atoms with Crippen LogP contribution in [0.15, 0.2) is 48.8 Å². The fourth-order valence-electron chi connectivity index (χ4n) is 2.27. The molecule has 0 spiro atoms. The van der Waals surface area contributed by atoms with Crippen molar-refractivity contribution >= 4 is 22.9 Å². The molecule has 0 fully saturated rings. The van der Waals surface area contributed by atoms with Crippen LogP contribution in [0.5, 0.6) is 0 Å². The van der Waals surface area contributed by atoms with E-state index in [4.69, 9.17) is 17.1 Å². The van der Waals surface area contributed by atoms with E-state index in [-0.39, 0.29) is 11.9 Å². The van der Waals surface area contributed by atoms with Gasteiger partial charge in [0.15, 0.2) is 0 Å². The van der Waals surface area contributed by atoms with Crippen LogP contribution in [0.3, 0.4) is 0 Å². The molecule has 0 saturated carbocycles. The average Bonchev–Trinajstić information content (AvgIpc) is 3.16. The summed E-state index contributed by atoms with van der Waals surface area (Å²) in [6.07, 6.45) is 5.39. The number of hydroxylamine groups is 1. The first-order valence-corrected chi connectivity index (χ1v) is 7.35. The standard InChI is InChI=1S/C16H16FN3OS/c1-11(22)18-10-13-9-15(19-21-13)12-4-5-16(14(17)8-12)20-6-2-3-7-20/h2-9,13,19H,10H2,1H3,(H,18,22). The molecule has 0 aliphatic carbocycles. The van der Waals surface area contributed by atoms with Crippen LogP contribution in [-0.4, -0.2) is 22.2 Å². The molecule has 114 valence electrons. The molecule has 1 aromatic carbocycles. The van der Waals surface area contributed by atoms with Crippen LogP contribution in [0, 0.1) is 5.82 Å². The van der Waals surface area contributed by atoms with Crippen LogP contribution in [0.2, 0.25) is 0 Å². The van der Waals surface area contributed by atoms with Gasteiger partial charge in [-0.1, -0.05) is 18.3 Å². The van der Waals surface area contributed by atoms with Gasteiger partial charge in [-0.15, -0.1) is 0 Å². The van der Waals surface area contributed by atoms with Gasteiger partial charge in [0.25, 0.3) is 0 Å². The fourth-order valence-corrected chi connectivity index (χ4v) is 2.36. The van der Waals surface area contributed by atoms with Gasteiger partial charge in [-0.25, -0.2) is 4.39 Å². The average molecular weight is 317 g/mol. The Balaban J connectivity index is 1.77. The van der Waals surface area contributed by atoms with Crippen LogP contribution in [0.4, 0.5) is 4.39 Å². The van der Waals surface area contributed by atoms with Crippen molar-refractivity contribution in [1.29, 1.82) is 0 Å². The summed E-state index contributed by atoms with van der Waals surface area (Å²) in [5.74, 6) is -0.285. The number of halogens is 1. The Bertz CT molecular complexity index is 712. The highest BCUT2D eigenvalue weighted by atomic mass is 32.1. The first-order chi connectivity index (χ1) is 10.6. The lowest BCUT2D eigenvalue weighted by molar-refractivity contribution is 0.0543. The third-order valence-electron chi connectivity index (χ3n) is 3.37. The second-order valence-electron chi connectivity index (χ2n) is 5.03. The van der Waals surface area contributed by atoms with Crippen LogP contribution in [0.1, 0.15) is 12.5 Å². The number of benzene rings is 1. The molecule has 1 aliphatic heterocycles. The van der Waals surface area contributed by atoms with E-state index in [2.05, 4.69) is 10.8 Å². The highest BCUT2D eigenvalue weighted by Crippen LogP contribution is 2.22. The third-order valence-corrected chi connectivity index (χ3v) is 3.51. The predicted molar refractivity (Wildman–Crippen MR) is 88.0 cm³/mol. The molecular weight excluding hydrogens is 301 g/mol. The minimum Gasteiger partial charge on any atom is -0.377 e. The largest absolute Gasteiger partial charge is 0.377 e. The Morgan fingerprint density at radius 3 is 2.86 bits per heavy atom. The quantitative estimate of drug-likeness (QED) is 0.851. The topological polar surface area (TPSA) is 38.2 Å². The first kappa shape index (κ1) is 14.7. The van der Waals surface area contributed by atoms with Crippen LogP contribution >= 0.6 is 12.2 Å². The lowest BCUT2D eigenvalue weighted by Crippen LogP contribution is -2.29. The van der Waals surface area contributed by atoms with Gasteiger partial charge in [0.05, 0.1) is 16.4 Å². The number of nitrogens with one attached hydrogen (secondary N) is 2. The normalized spacial score (nSPS) is 17.0. The van der Waals surface area contributed by atoms with Crippen LogP contribution in [-0.2, 0) is 4.84 Å². The van der Waals surface area contributed by atoms with Gasteiger partial charge >= 0.3 is 0 Å². The monoisotopic (exact) mass is 317 g/mol. The fraction of sp³-hybridized carbons (Fsp3) is 0.188. The van der Waals surface area contributed by atoms with Crippen molar-refractivity contribution in [3.8, 4) is 5.69 Å². The molecule has 22 heavy (non-hydrogen) atoms. The second-order valence-corrected chi connectivity index (χ2v) is 5.64. The Hall–Kier alpha value is -2.18. The van der Waals surface area contributed by atoms with Crippen LogP contribution < -0.4 is 10.8 Å². The number of rotatable bonds is 4. The Morgan fingerprint density at radius 2 is 2.18 bits per heavy atom. The zero-order valence-electron chi connectivity index (χ0n) is 12.0. The molecule has 1 aromatic heterocycles. The smallest absolute Gasteiger partial charge is 0.147 e. The van der Waals surface area contributed by atoms with Crippen molar-refractivity contribution in [3.63, 3.8) is 0 Å². The summed E-state index contributed by atoms with van der Waals surface area (Å²) < 4.78 is 16.0. The SMILES string of the molecule is CC(=S)NCC1C=C(c2ccc(-n3cccc3)c(F)c2)NO1. The first-order valence-electron chi connectivity index (χ1n) is 6.94. The molecule has 1 atom stereocenters. The Morgan fingerprint density at radius 1 is 1.41 bits per heavy atom. The lowest BCUT2D eigenvalue weighted by atomic mass is 10.1. The van der Waals surface area contributed by atoms with Gasteiger partial charge in [-0.2, -0.15) is 0 Å². The van der Waals surface area contributed by atoms with Crippen molar-refractivity contribution in [2.45, 2.75) is 13.0 Å². The van der Waals surface area contributed by atoms with Crippen molar-refractivity contribution < 1.29 is 9.23 Å². The Labute approximate surface area is 133 Å². The van der Waals surface area contributed by atoms with E-state index in [9.17, 15) is 4.39 Å². The molecule has 4 nitrogen and oxygen atoms in total. The molecule has 0 amide bonds. The number of nitrogens with zero attached hydrogens (tertiary/aromatic N) is 1. The molecule has 2 N–H and O–H groups in total. The summed E-state index contributed by atoms with van der Waals surface area (Å²) in [7, 11) is 0. The van der Waals surface area contributed by atoms with E-state index in [1.165, 1.54) is 6.07 Å². The zero-order chi connectivity index (χ0) is 15.5.